The Labute approximate surface area is 223 Å². The fraction of sp³-hybridized carbons (Fsp3) is 0.250. The van der Waals surface area contributed by atoms with Crippen molar-refractivity contribution in [2.24, 2.45) is 5.92 Å². The highest BCUT2D eigenvalue weighted by molar-refractivity contribution is 6.01. The van der Waals surface area contributed by atoms with Crippen molar-refractivity contribution in [2.45, 2.75) is 26.3 Å². The van der Waals surface area contributed by atoms with Crippen molar-refractivity contribution in [3.8, 4) is 11.1 Å². The number of hydrogen-bond donors (Lipinski definition) is 2. The number of fused-ring (bicyclic) bond motifs is 2. The third-order valence-corrected chi connectivity index (χ3v) is 7.92. The first kappa shape index (κ1) is 24.0. The van der Waals surface area contributed by atoms with Gasteiger partial charge in [0.15, 0.2) is 0 Å². The smallest absolute Gasteiger partial charge is 0.322 e. The number of anilines is 1. The normalized spacial score (nSPS) is 18.1. The molecule has 2 heterocycles. The van der Waals surface area contributed by atoms with Crippen LogP contribution in [0.15, 0.2) is 85.1 Å². The van der Waals surface area contributed by atoms with Crippen molar-refractivity contribution in [3.63, 3.8) is 0 Å². The van der Waals surface area contributed by atoms with E-state index in [0.29, 0.717) is 19.6 Å². The van der Waals surface area contributed by atoms with Gasteiger partial charge in [-0.25, -0.2) is 4.79 Å². The van der Waals surface area contributed by atoms with Gasteiger partial charge in [-0.1, -0.05) is 60.7 Å². The molecule has 1 aliphatic carbocycles. The first-order chi connectivity index (χ1) is 18.6. The number of benzene rings is 3. The first-order valence-electron chi connectivity index (χ1n) is 13.4. The van der Waals surface area contributed by atoms with Crippen molar-refractivity contribution >= 4 is 34.1 Å². The van der Waals surface area contributed by atoms with Crippen LogP contribution in [0.4, 0.5) is 10.5 Å². The molecule has 0 bridgehead atoms. The maximum Gasteiger partial charge on any atom is 0.322 e. The number of amides is 3. The summed E-state index contributed by atoms with van der Waals surface area (Å²) >= 11 is 0. The number of aromatic nitrogens is 1. The molecule has 6 heteroatoms. The molecular formula is C32H32N4O2. The molecule has 4 aromatic rings. The highest BCUT2D eigenvalue weighted by atomic mass is 16.2. The molecular weight excluding hydrogens is 472 g/mol. The van der Waals surface area contributed by atoms with E-state index in [0.717, 1.165) is 39.9 Å². The maximum atomic E-state index is 13.8. The number of aromatic amines is 1. The number of hydrogen-bond acceptors (Lipinski definition) is 2. The molecule has 2 N–H and O–H groups in total. The maximum absolute atomic E-state index is 13.8. The minimum Gasteiger partial charge on any atom is -0.361 e. The Hall–Kier alpha value is -4.32. The largest absolute Gasteiger partial charge is 0.361 e. The van der Waals surface area contributed by atoms with E-state index < -0.39 is 0 Å². The van der Waals surface area contributed by atoms with Crippen molar-refractivity contribution in [1.82, 2.24) is 14.8 Å². The average molecular weight is 505 g/mol. The van der Waals surface area contributed by atoms with Gasteiger partial charge in [0, 0.05) is 42.4 Å². The van der Waals surface area contributed by atoms with Crippen LogP contribution in [0, 0.1) is 5.92 Å². The van der Waals surface area contributed by atoms with E-state index in [1.54, 1.807) is 0 Å². The summed E-state index contributed by atoms with van der Waals surface area (Å²) in [5.74, 6) is -0.318. The number of H-pyrrole nitrogens is 1. The zero-order valence-electron chi connectivity index (χ0n) is 21.8. The summed E-state index contributed by atoms with van der Waals surface area (Å²) in [4.78, 5) is 34.4. The Balaban J connectivity index is 1.32. The molecule has 0 spiro atoms. The lowest BCUT2D eigenvalue weighted by Gasteiger charge is -2.42. The van der Waals surface area contributed by atoms with Gasteiger partial charge in [-0.2, -0.15) is 0 Å². The summed E-state index contributed by atoms with van der Waals surface area (Å²) in [7, 11) is 0. The van der Waals surface area contributed by atoms with Gasteiger partial charge in [0.1, 0.15) is 0 Å². The number of carbonyl (C=O) groups is 2. The van der Waals surface area contributed by atoms with Crippen LogP contribution in [-0.4, -0.2) is 52.4 Å². The van der Waals surface area contributed by atoms with E-state index in [-0.39, 0.29) is 23.9 Å². The highest BCUT2D eigenvalue weighted by Crippen LogP contribution is 2.41. The van der Waals surface area contributed by atoms with E-state index in [9.17, 15) is 9.59 Å². The van der Waals surface area contributed by atoms with Gasteiger partial charge in [0.2, 0.25) is 5.91 Å². The Bertz CT molecular complexity index is 1520. The summed E-state index contributed by atoms with van der Waals surface area (Å²) in [5, 5.41) is 4.31. The fourth-order valence-electron chi connectivity index (χ4n) is 5.96. The fourth-order valence-corrected chi connectivity index (χ4v) is 5.96. The third-order valence-electron chi connectivity index (χ3n) is 7.92. The molecule has 0 saturated carbocycles. The Morgan fingerprint density at radius 3 is 2.42 bits per heavy atom. The number of nitrogens with zero attached hydrogens (tertiary/aromatic N) is 2. The van der Waals surface area contributed by atoms with E-state index in [2.05, 4.69) is 46.8 Å². The minimum atomic E-state index is -0.386. The van der Waals surface area contributed by atoms with E-state index in [1.165, 1.54) is 10.9 Å². The molecule has 0 unspecified atom stereocenters. The molecule has 3 amide bonds. The van der Waals surface area contributed by atoms with Crippen LogP contribution < -0.4 is 5.32 Å². The quantitative estimate of drug-likeness (QED) is 0.341. The van der Waals surface area contributed by atoms with Crippen molar-refractivity contribution < 1.29 is 9.59 Å². The van der Waals surface area contributed by atoms with Crippen LogP contribution in [0.25, 0.3) is 27.6 Å². The molecule has 6 nitrogen and oxygen atoms in total. The van der Waals surface area contributed by atoms with Gasteiger partial charge in [0.25, 0.3) is 0 Å². The topological polar surface area (TPSA) is 68.4 Å². The SMILES string of the molecule is CCN(CC)C(=O)[C@@H]1C=C2c3cccc4[nH]cc(c34)C[C@H]2N(C(=O)Nc2ccc(-c3ccccc3)cc2)C1. The van der Waals surface area contributed by atoms with Crippen molar-refractivity contribution in [2.75, 3.05) is 25.0 Å². The third kappa shape index (κ3) is 4.16. The van der Waals surface area contributed by atoms with Crippen LogP contribution >= 0.6 is 0 Å². The summed E-state index contributed by atoms with van der Waals surface area (Å²) in [6, 6.07) is 24.0. The lowest BCUT2D eigenvalue weighted by atomic mass is 9.79. The van der Waals surface area contributed by atoms with Gasteiger partial charge in [-0.15, -0.1) is 0 Å². The Kier molecular flexibility index (Phi) is 6.24. The predicted octanol–water partition coefficient (Wildman–Crippen LogP) is 6.18. The number of urea groups is 1. The molecule has 0 saturated heterocycles. The molecule has 6 rings (SSSR count). The number of rotatable bonds is 5. The molecule has 3 aromatic carbocycles. The van der Waals surface area contributed by atoms with Gasteiger partial charge >= 0.3 is 6.03 Å². The molecule has 38 heavy (non-hydrogen) atoms. The monoisotopic (exact) mass is 504 g/mol. The van der Waals surface area contributed by atoms with Crippen LogP contribution in [0.3, 0.4) is 0 Å². The Morgan fingerprint density at radius 2 is 1.68 bits per heavy atom. The molecule has 0 fully saturated rings. The standard InChI is InChI=1S/C32H32N4O2/c1-3-35(4-2)31(37)24-17-27-26-11-8-12-28-30(26)23(19-33-28)18-29(27)36(20-24)32(38)34-25-15-13-22(14-16-25)21-9-6-5-7-10-21/h5-17,19,24,29,33H,3-4,18,20H2,1-2H3,(H,34,38)/t24-,29-/m1/s1. The molecule has 0 radical (unpaired) electrons. The van der Waals surface area contributed by atoms with Crippen molar-refractivity contribution in [3.05, 3.63) is 96.2 Å². The summed E-state index contributed by atoms with van der Waals surface area (Å²) in [6.45, 7) is 5.65. The second-order valence-electron chi connectivity index (χ2n) is 10.0. The number of nitrogens with one attached hydrogen (secondary N) is 2. The molecule has 2 aliphatic rings. The first-order valence-corrected chi connectivity index (χ1v) is 13.4. The molecule has 1 aliphatic heterocycles. The summed E-state index contributed by atoms with van der Waals surface area (Å²) in [5.41, 5.74) is 7.42. The van der Waals surface area contributed by atoms with Gasteiger partial charge in [-0.05, 0) is 66.3 Å². The van der Waals surface area contributed by atoms with Gasteiger partial charge in [0.05, 0.1) is 12.0 Å². The highest BCUT2D eigenvalue weighted by Gasteiger charge is 2.40. The summed E-state index contributed by atoms with van der Waals surface area (Å²) < 4.78 is 0. The zero-order valence-corrected chi connectivity index (χ0v) is 21.8. The Morgan fingerprint density at radius 1 is 0.947 bits per heavy atom. The molecule has 192 valence electrons. The van der Waals surface area contributed by atoms with E-state index >= 15 is 0 Å². The number of carbonyl (C=O) groups excluding carboxylic acids is 2. The van der Waals surface area contributed by atoms with E-state index in [1.807, 2.05) is 72.2 Å². The molecule has 2 atom stereocenters. The van der Waals surface area contributed by atoms with Gasteiger partial charge < -0.3 is 20.1 Å². The lowest BCUT2D eigenvalue weighted by Crippen LogP contribution is -2.52. The lowest BCUT2D eigenvalue weighted by molar-refractivity contribution is -0.134. The average Bonchev–Trinajstić information content (AvgIpc) is 3.38. The van der Waals surface area contributed by atoms with Crippen LogP contribution in [0.2, 0.25) is 0 Å². The summed E-state index contributed by atoms with van der Waals surface area (Å²) in [6.07, 6.45) is 4.89. The second-order valence-corrected chi connectivity index (χ2v) is 10.0. The molecule has 1 aromatic heterocycles. The zero-order chi connectivity index (χ0) is 26.2. The van der Waals surface area contributed by atoms with Crippen molar-refractivity contribution in [1.29, 1.82) is 0 Å². The van der Waals surface area contributed by atoms with Crippen LogP contribution in [0.1, 0.15) is 25.0 Å². The van der Waals surface area contributed by atoms with Crippen LogP contribution in [0.5, 0.6) is 0 Å². The van der Waals surface area contributed by atoms with E-state index in [4.69, 9.17) is 0 Å². The second kappa shape index (κ2) is 9.86. The minimum absolute atomic E-state index is 0.0676. The van der Waals surface area contributed by atoms with Gasteiger partial charge in [-0.3, -0.25) is 4.79 Å². The van der Waals surface area contributed by atoms with Crippen LogP contribution in [-0.2, 0) is 11.2 Å². The predicted molar refractivity (Wildman–Crippen MR) is 153 cm³/mol.